The van der Waals surface area contributed by atoms with Crippen LogP contribution in [0.1, 0.15) is 31.0 Å². The first-order valence-electron chi connectivity index (χ1n) is 15.1. The maximum absolute atomic E-state index is 15.1. The van der Waals surface area contributed by atoms with Crippen molar-refractivity contribution in [2.45, 2.75) is 50.9 Å². The molecule has 0 saturated carbocycles. The lowest BCUT2D eigenvalue weighted by Crippen LogP contribution is -2.62. The lowest BCUT2D eigenvalue weighted by Gasteiger charge is -2.49. The molecule has 0 N–H and O–H groups in total. The number of pyridine rings is 1. The molecule has 7 rings (SSSR count). The Bertz CT molecular complexity index is 1540. The zero-order valence-electron chi connectivity index (χ0n) is 24.4. The molecule has 42 heavy (non-hydrogen) atoms. The van der Waals surface area contributed by atoms with Crippen LogP contribution >= 0.6 is 0 Å². The SMILES string of the molecule is C=CC(=O)N1C[C@@H]2COc3c(OC[C@@H]4CCCN4C)nc4c(c3N2C[C@H]1C)CCN(c1cccc2cccc(F)c12)C4. The van der Waals surface area contributed by atoms with Gasteiger partial charge < -0.3 is 29.1 Å². The first-order chi connectivity index (χ1) is 20.4. The molecule has 220 valence electrons. The van der Waals surface area contributed by atoms with Crippen LogP contribution in [-0.2, 0) is 17.8 Å². The number of fused-ring (bicyclic) bond motifs is 6. The Hall–Kier alpha value is -3.85. The summed E-state index contributed by atoms with van der Waals surface area (Å²) in [6.45, 7) is 10.4. The first kappa shape index (κ1) is 27.0. The number of amides is 1. The zero-order valence-corrected chi connectivity index (χ0v) is 24.4. The van der Waals surface area contributed by atoms with E-state index in [1.807, 2.05) is 29.2 Å². The fraction of sp³-hybridized carbons (Fsp3) is 0.455. The Balaban J connectivity index is 1.27. The number of rotatable bonds is 5. The van der Waals surface area contributed by atoms with Crippen molar-refractivity contribution in [1.82, 2.24) is 14.8 Å². The van der Waals surface area contributed by atoms with Crippen LogP contribution < -0.4 is 19.3 Å². The molecule has 2 fully saturated rings. The number of carbonyl (C=O) groups is 1. The molecule has 0 aliphatic carbocycles. The molecule has 1 amide bonds. The van der Waals surface area contributed by atoms with Gasteiger partial charge in [-0.25, -0.2) is 9.37 Å². The molecule has 9 heteroatoms. The summed E-state index contributed by atoms with van der Waals surface area (Å²) in [5.74, 6) is 0.984. The van der Waals surface area contributed by atoms with Crippen molar-refractivity contribution >= 4 is 28.1 Å². The zero-order chi connectivity index (χ0) is 29.0. The van der Waals surface area contributed by atoms with Crippen LogP contribution in [0.3, 0.4) is 0 Å². The Morgan fingerprint density at radius 3 is 2.83 bits per heavy atom. The fourth-order valence-electron chi connectivity index (χ4n) is 7.22. The Morgan fingerprint density at radius 2 is 2.05 bits per heavy atom. The van der Waals surface area contributed by atoms with Crippen LogP contribution in [0, 0.1) is 5.82 Å². The van der Waals surface area contributed by atoms with Crippen LogP contribution in [0.25, 0.3) is 10.8 Å². The van der Waals surface area contributed by atoms with Crippen molar-refractivity contribution in [1.29, 1.82) is 0 Å². The average Bonchev–Trinajstić information content (AvgIpc) is 3.42. The van der Waals surface area contributed by atoms with Crippen molar-refractivity contribution < 1.29 is 18.7 Å². The predicted molar refractivity (Wildman–Crippen MR) is 162 cm³/mol. The second-order valence-electron chi connectivity index (χ2n) is 12.1. The van der Waals surface area contributed by atoms with Crippen LogP contribution in [0.5, 0.6) is 11.6 Å². The average molecular weight is 572 g/mol. The lowest BCUT2D eigenvalue weighted by molar-refractivity contribution is -0.129. The van der Waals surface area contributed by atoms with Crippen molar-refractivity contribution in [3.8, 4) is 11.6 Å². The third kappa shape index (κ3) is 4.54. The summed E-state index contributed by atoms with van der Waals surface area (Å²) in [7, 11) is 2.14. The van der Waals surface area contributed by atoms with Crippen molar-refractivity contribution in [2.75, 3.05) is 56.2 Å². The van der Waals surface area contributed by atoms with E-state index in [1.165, 1.54) is 18.6 Å². The predicted octanol–water partition coefficient (Wildman–Crippen LogP) is 4.39. The molecular formula is C33H38FN5O3. The van der Waals surface area contributed by atoms with E-state index in [0.29, 0.717) is 55.9 Å². The maximum Gasteiger partial charge on any atom is 0.259 e. The molecule has 3 atom stereocenters. The molecular weight excluding hydrogens is 533 g/mol. The van der Waals surface area contributed by atoms with E-state index in [9.17, 15) is 4.79 Å². The van der Waals surface area contributed by atoms with Gasteiger partial charge in [-0.1, -0.05) is 30.8 Å². The van der Waals surface area contributed by atoms with Gasteiger partial charge in [-0.15, -0.1) is 0 Å². The summed E-state index contributed by atoms with van der Waals surface area (Å²) in [4.78, 5) is 26.6. The molecule has 4 aliphatic rings. The molecule has 1 aromatic heterocycles. The summed E-state index contributed by atoms with van der Waals surface area (Å²) in [6, 6.07) is 11.6. The molecule has 2 aromatic carbocycles. The quantitative estimate of drug-likeness (QED) is 0.421. The van der Waals surface area contributed by atoms with Crippen molar-refractivity contribution in [2.24, 2.45) is 0 Å². The molecule has 2 saturated heterocycles. The number of piperazine rings is 1. The van der Waals surface area contributed by atoms with E-state index in [4.69, 9.17) is 14.5 Å². The second kappa shape index (κ2) is 10.8. The standard InChI is InChI=1S/C33H38FN5O3/c1-4-29(40)38-17-24-20-41-32-31(39(24)16-21(38)2)25-13-15-37(28-12-6-9-22-8-5-11-26(34)30(22)28)18-27(25)35-33(32)42-19-23-10-7-14-36(23)3/h4-6,8-9,11-12,21,23-24H,1,7,10,13-20H2,2-3H3/t21-,23+,24-/m1/s1. The Kier molecular flexibility index (Phi) is 6.92. The van der Waals surface area contributed by atoms with Gasteiger partial charge in [-0.05, 0) is 63.4 Å². The van der Waals surface area contributed by atoms with Gasteiger partial charge in [0.2, 0.25) is 11.7 Å². The number of carbonyl (C=O) groups excluding carboxylic acids is 1. The summed E-state index contributed by atoms with van der Waals surface area (Å²) >= 11 is 0. The van der Waals surface area contributed by atoms with E-state index in [0.717, 1.165) is 53.9 Å². The minimum atomic E-state index is -0.214. The summed E-state index contributed by atoms with van der Waals surface area (Å²) in [6.07, 6.45) is 4.41. The molecule has 0 radical (unpaired) electrons. The second-order valence-corrected chi connectivity index (χ2v) is 12.1. The van der Waals surface area contributed by atoms with Crippen LogP contribution in [0.4, 0.5) is 15.8 Å². The number of benzene rings is 2. The van der Waals surface area contributed by atoms with Gasteiger partial charge in [0, 0.05) is 48.4 Å². The minimum Gasteiger partial charge on any atom is -0.484 e. The van der Waals surface area contributed by atoms with E-state index >= 15 is 4.39 Å². The number of likely N-dealkylation sites (tertiary alicyclic amines) is 1. The van der Waals surface area contributed by atoms with E-state index in [-0.39, 0.29) is 23.8 Å². The van der Waals surface area contributed by atoms with Gasteiger partial charge >= 0.3 is 0 Å². The number of halogens is 1. The van der Waals surface area contributed by atoms with E-state index in [1.54, 1.807) is 6.07 Å². The van der Waals surface area contributed by atoms with E-state index < -0.39 is 0 Å². The Labute approximate surface area is 246 Å². The van der Waals surface area contributed by atoms with Gasteiger partial charge in [0.1, 0.15) is 19.0 Å². The monoisotopic (exact) mass is 571 g/mol. The van der Waals surface area contributed by atoms with E-state index in [2.05, 4.69) is 35.3 Å². The molecule has 0 spiro atoms. The third-order valence-electron chi connectivity index (χ3n) is 9.52. The van der Waals surface area contributed by atoms with Crippen LogP contribution in [0.2, 0.25) is 0 Å². The van der Waals surface area contributed by atoms with Crippen LogP contribution in [0.15, 0.2) is 49.1 Å². The van der Waals surface area contributed by atoms with Gasteiger partial charge in [0.25, 0.3) is 5.88 Å². The van der Waals surface area contributed by atoms with Crippen molar-refractivity contribution in [3.05, 3.63) is 66.1 Å². The highest BCUT2D eigenvalue weighted by molar-refractivity contribution is 5.95. The largest absolute Gasteiger partial charge is 0.484 e. The number of likely N-dealkylation sites (N-methyl/N-ethyl adjacent to an activating group) is 1. The fourth-order valence-corrected chi connectivity index (χ4v) is 7.22. The highest BCUT2D eigenvalue weighted by Crippen LogP contribution is 2.47. The molecule has 5 heterocycles. The molecule has 0 bridgehead atoms. The van der Waals surface area contributed by atoms with Gasteiger partial charge in [0.05, 0.1) is 24.0 Å². The normalized spacial score (nSPS) is 23.7. The lowest BCUT2D eigenvalue weighted by atomic mass is 9.96. The molecule has 0 unspecified atom stereocenters. The highest BCUT2D eigenvalue weighted by atomic mass is 19.1. The molecule has 8 nitrogen and oxygen atoms in total. The minimum absolute atomic E-state index is 0.0248. The maximum atomic E-state index is 15.1. The van der Waals surface area contributed by atoms with Gasteiger partial charge in [0.15, 0.2) is 0 Å². The third-order valence-corrected chi connectivity index (χ3v) is 9.52. The summed E-state index contributed by atoms with van der Waals surface area (Å²) in [5.41, 5.74) is 4.02. The summed E-state index contributed by atoms with van der Waals surface area (Å²) in [5, 5.41) is 1.53. The number of nitrogens with zero attached hydrogens (tertiary/aromatic N) is 5. The first-order valence-corrected chi connectivity index (χ1v) is 15.1. The Morgan fingerprint density at radius 1 is 1.21 bits per heavy atom. The smallest absolute Gasteiger partial charge is 0.259 e. The van der Waals surface area contributed by atoms with Crippen molar-refractivity contribution in [3.63, 3.8) is 0 Å². The molecule has 3 aromatic rings. The number of anilines is 2. The van der Waals surface area contributed by atoms with Gasteiger partial charge in [-0.2, -0.15) is 0 Å². The van der Waals surface area contributed by atoms with Crippen LogP contribution in [-0.4, -0.2) is 85.3 Å². The van der Waals surface area contributed by atoms with Gasteiger partial charge in [-0.3, -0.25) is 4.79 Å². The topological polar surface area (TPSA) is 61.4 Å². The number of ether oxygens (including phenoxy) is 2. The number of aromatic nitrogens is 1. The molecule has 4 aliphatic heterocycles. The highest BCUT2D eigenvalue weighted by Gasteiger charge is 2.42. The number of hydrogen-bond donors (Lipinski definition) is 0. The number of hydrogen-bond acceptors (Lipinski definition) is 7. The summed E-state index contributed by atoms with van der Waals surface area (Å²) < 4.78 is 28.0.